The van der Waals surface area contributed by atoms with Crippen molar-refractivity contribution in [3.8, 4) is 0 Å². The van der Waals surface area contributed by atoms with Crippen LogP contribution in [0, 0.1) is 0 Å². The highest BCUT2D eigenvalue weighted by Gasteiger charge is 2.46. The van der Waals surface area contributed by atoms with Crippen LogP contribution in [0.1, 0.15) is 71.6 Å². The zero-order chi connectivity index (χ0) is 14.8. The van der Waals surface area contributed by atoms with Crippen molar-refractivity contribution in [1.82, 2.24) is 10.2 Å². The summed E-state index contributed by atoms with van der Waals surface area (Å²) < 4.78 is 5.85. The van der Waals surface area contributed by atoms with Gasteiger partial charge in [0.15, 0.2) is 0 Å². The maximum Gasteiger partial charge on any atom is 0.0588 e. The van der Waals surface area contributed by atoms with Crippen molar-refractivity contribution in [2.75, 3.05) is 26.2 Å². The molecule has 3 fully saturated rings. The summed E-state index contributed by atoms with van der Waals surface area (Å²) in [5, 5.41) is 3.97. The van der Waals surface area contributed by atoms with E-state index in [0.29, 0.717) is 17.2 Å². The topological polar surface area (TPSA) is 24.5 Å². The van der Waals surface area contributed by atoms with Crippen molar-refractivity contribution in [3.63, 3.8) is 0 Å². The van der Waals surface area contributed by atoms with E-state index in [1.165, 1.54) is 77.4 Å². The van der Waals surface area contributed by atoms with Gasteiger partial charge in [-0.25, -0.2) is 0 Å². The molecule has 1 saturated carbocycles. The number of piperazine rings is 1. The third kappa shape index (κ3) is 3.16. The van der Waals surface area contributed by atoms with Gasteiger partial charge in [-0.3, -0.25) is 4.90 Å². The Morgan fingerprint density at radius 1 is 1.14 bits per heavy atom. The van der Waals surface area contributed by atoms with Gasteiger partial charge in [-0.15, -0.1) is 0 Å². The molecule has 1 atom stereocenters. The van der Waals surface area contributed by atoms with Gasteiger partial charge in [0.25, 0.3) is 0 Å². The second-order valence-corrected chi connectivity index (χ2v) is 7.62. The first-order valence-corrected chi connectivity index (χ1v) is 9.34. The Bertz CT molecular complexity index is 328. The highest BCUT2D eigenvalue weighted by atomic mass is 16.5. The van der Waals surface area contributed by atoms with Crippen molar-refractivity contribution < 1.29 is 4.74 Å². The molecule has 0 aromatic carbocycles. The second-order valence-electron chi connectivity index (χ2n) is 7.62. The third-order valence-electron chi connectivity index (χ3n) is 6.58. The fraction of sp³-hybridized carbons (Fsp3) is 1.00. The zero-order valence-corrected chi connectivity index (χ0v) is 14.1. The number of rotatable bonds is 5. The van der Waals surface area contributed by atoms with E-state index in [-0.39, 0.29) is 0 Å². The zero-order valence-electron chi connectivity index (χ0n) is 14.1. The largest absolute Gasteiger partial charge is 0.378 e. The minimum atomic E-state index is 0.381. The Balaban J connectivity index is 1.66. The quantitative estimate of drug-likeness (QED) is 0.842. The molecule has 0 aromatic heterocycles. The van der Waals surface area contributed by atoms with Gasteiger partial charge in [0, 0.05) is 37.3 Å². The van der Waals surface area contributed by atoms with Gasteiger partial charge in [-0.1, -0.05) is 26.7 Å². The van der Waals surface area contributed by atoms with Gasteiger partial charge in [0.2, 0.25) is 0 Å². The lowest BCUT2D eigenvalue weighted by atomic mass is 9.82. The lowest BCUT2D eigenvalue weighted by Gasteiger charge is -2.54. The normalized spacial score (nSPS) is 32.0. The summed E-state index contributed by atoms with van der Waals surface area (Å²) in [6.45, 7) is 9.42. The fourth-order valence-corrected chi connectivity index (χ4v) is 4.87. The van der Waals surface area contributed by atoms with E-state index in [1.54, 1.807) is 0 Å². The van der Waals surface area contributed by atoms with Crippen molar-refractivity contribution in [2.45, 2.75) is 88.8 Å². The van der Waals surface area contributed by atoms with Crippen LogP contribution in [0.3, 0.4) is 0 Å². The summed E-state index contributed by atoms with van der Waals surface area (Å²) >= 11 is 0. The monoisotopic (exact) mass is 294 g/mol. The van der Waals surface area contributed by atoms with Gasteiger partial charge < -0.3 is 10.1 Å². The highest BCUT2D eigenvalue weighted by Crippen LogP contribution is 2.38. The Hall–Kier alpha value is -0.120. The molecule has 3 aliphatic rings. The molecule has 0 bridgehead atoms. The fourth-order valence-electron chi connectivity index (χ4n) is 4.87. The molecular weight excluding hydrogens is 260 g/mol. The number of ether oxygens (including phenoxy) is 1. The smallest absolute Gasteiger partial charge is 0.0588 e. The Morgan fingerprint density at radius 2 is 1.90 bits per heavy atom. The van der Waals surface area contributed by atoms with Crippen LogP contribution in [0.15, 0.2) is 0 Å². The molecule has 2 aliphatic heterocycles. The number of hydrogen-bond donors (Lipinski definition) is 1. The molecule has 1 aliphatic carbocycles. The SMILES string of the molecule is CCC1(CC)CNC2(CCCC2)CN1CCC1CCCO1. The molecule has 0 amide bonds. The summed E-state index contributed by atoms with van der Waals surface area (Å²) in [7, 11) is 0. The Labute approximate surface area is 130 Å². The lowest BCUT2D eigenvalue weighted by Crippen LogP contribution is -2.69. The molecule has 3 nitrogen and oxygen atoms in total. The summed E-state index contributed by atoms with van der Waals surface area (Å²) in [6.07, 6.45) is 12.4. The maximum atomic E-state index is 5.85. The van der Waals surface area contributed by atoms with Gasteiger partial charge in [-0.05, 0) is 44.9 Å². The summed E-state index contributed by atoms with van der Waals surface area (Å²) in [5.41, 5.74) is 0.816. The molecule has 1 spiro atoms. The van der Waals surface area contributed by atoms with Gasteiger partial charge >= 0.3 is 0 Å². The van der Waals surface area contributed by atoms with E-state index < -0.39 is 0 Å². The molecule has 3 rings (SSSR count). The minimum absolute atomic E-state index is 0.381. The molecule has 122 valence electrons. The molecule has 0 aromatic rings. The first-order valence-electron chi connectivity index (χ1n) is 9.34. The molecule has 2 heterocycles. The standard InChI is InChI=1S/C18H34N2O/c1-3-18(4-2)14-19-17(10-5-6-11-17)15-20(18)12-9-16-8-7-13-21-16/h16,19H,3-15H2,1-2H3. The molecule has 1 N–H and O–H groups in total. The molecule has 1 unspecified atom stereocenters. The third-order valence-corrected chi connectivity index (χ3v) is 6.58. The molecular formula is C18H34N2O. The van der Waals surface area contributed by atoms with Crippen LogP contribution in [0.2, 0.25) is 0 Å². The predicted molar refractivity (Wildman–Crippen MR) is 87.7 cm³/mol. The second kappa shape index (κ2) is 6.55. The number of nitrogens with one attached hydrogen (secondary N) is 1. The van der Waals surface area contributed by atoms with Crippen molar-refractivity contribution >= 4 is 0 Å². The van der Waals surface area contributed by atoms with Crippen LogP contribution < -0.4 is 5.32 Å². The van der Waals surface area contributed by atoms with Crippen molar-refractivity contribution in [1.29, 1.82) is 0 Å². The first kappa shape index (κ1) is 15.8. The van der Waals surface area contributed by atoms with E-state index in [0.717, 1.165) is 6.61 Å². The Morgan fingerprint density at radius 3 is 2.52 bits per heavy atom. The summed E-state index contributed by atoms with van der Waals surface area (Å²) in [6, 6.07) is 0. The van der Waals surface area contributed by atoms with E-state index >= 15 is 0 Å². The highest BCUT2D eigenvalue weighted by molar-refractivity contribution is 5.06. The van der Waals surface area contributed by atoms with E-state index in [9.17, 15) is 0 Å². The van der Waals surface area contributed by atoms with Crippen LogP contribution in [-0.2, 0) is 4.74 Å². The molecule has 21 heavy (non-hydrogen) atoms. The maximum absolute atomic E-state index is 5.85. The molecule has 0 radical (unpaired) electrons. The van der Waals surface area contributed by atoms with E-state index in [4.69, 9.17) is 4.74 Å². The van der Waals surface area contributed by atoms with Gasteiger partial charge in [0.05, 0.1) is 6.10 Å². The number of nitrogens with zero attached hydrogens (tertiary/aromatic N) is 1. The lowest BCUT2D eigenvalue weighted by molar-refractivity contribution is -0.0116. The summed E-state index contributed by atoms with van der Waals surface area (Å²) in [4.78, 5) is 2.84. The number of hydrogen-bond acceptors (Lipinski definition) is 3. The van der Waals surface area contributed by atoms with Crippen molar-refractivity contribution in [3.05, 3.63) is 0 Å². The van der Waals surface area contributed by atoms with Crippen LogP contribution in [0.5, 0.6) is 0 Å². The van der Waals surface area contributed by atoms with Crippen LogP contribution in [-0.4, -0.2) is 48.3 Å². The van der Waals surface area contributed by atoms with Crippen LogP contribution >= 0.6 is 0 Å². The minimum Gasteiger partial charge on any atom is -0.378 e. The van der Waals surface area contributed by atoms with Crippen LogP contribution in [0.25, 0.3) is 0 Å². The van der Waals surface area contributed by atoms with Crippen molar-refractivity contribution in [2.24, 2.45) is 0 Å². The predicted octanol–water partition coefficient (Wildman–Crippen LogP) is 3.33. The first-order chi connectivity index (χ1) is 10.2. The van der Waals surface area contributed by atoms with Gasteiger partial charge in [-0.2, -0.15) is 0 Å². The average molecular weight is 294 g/mol. The van der Waals surface area contributed by atoms with Crippen LogP contribution in [0.4, 0.5) is 0 Å². The molecule has 3 heteroatoms. The van der Waals surface area contributed by atoms with Gasteiger partial charge in [0.1, 0.15) is 0 Å². The van der Waals surface area contributed by atoms with E-state index in [2.05, 4.69) is 24.1 Å². The average Bonchev–Trinajstić information content (AvgIpc) is 3.18. The van der Waals surface area contributed by atoms with E-state index in [1.807, 2.05) is 0 Å². The Kier molecular flexibility index (Phi) is 4.92. The summed E-state index contributed by atoms with van der Waals surface area (Å²) in [5.74, 6) is 0. The molecule has 2 saturated heterocycles.